The molecule has 0 saturated carbocycles. The maximum atomic E-state index is 9.08. The molecule has 82 valence electrons. The highest BCUT2D eigenvalue weighted by molar-refractivity contribution is 5.80. The van der Waals surface area contributed by atoms with E-state index in [9.17, 15) is 0 Å². The number of aryl methyl sites for hydroxylation is 1. The molecule has 0 aliphatic heterocycles. The van der Waals surface area contributed by atoms with Crippen LogP contribution < -0.4 is 0 Å². The van der Waals surface area contributed by atoms with E-state index in [4.69, 9.17) is 9.68 Å². The third-order valence-corrected chi connectivity index (χ3v) is 2.65. The summed E-state index contributed by atoms with van der Waals surface area (Å²) in [7, 11) is 1.79. The van der Waals surface area contributed by atoms with E-state index in [2.05, 4.69) is 16.0 Å². The fourth-order valence-corrected chi connectivity index (χ4v) is 1.78. The molecular formula is C12H8N4O. The second-order valence-electron chi connectivity index (χ2n) is 3.70. The van der Waals surface area contributed by atoms with Crippen LogP contribution in [0.3, 0.4) is 0 Å². The van der Waals surface area contributed by atoms with Gasteiger partial charge in [-0.25, -0.2) is 9.97 Å². The molecule has 0 unspecified atom stereocenters. The molecule has 1 aromatic carbocycles. The Morgan fingerprint density at radius 2 is 2.24 bits per heavy atom. The first-order valence-corrected chi connectivity index (χ1v) is 5.04. The summed E-state index contributed by atoms with van der Waals surface area (Å²) in [5.41, 5.74) is 3.53. The molecule has 0 fully saturated rings. The molecule has 0 atom stereocenters. The number of nitrogens with zero attached hydrogens (tertiary/aromatic N) is 4. The summed E-state index contributed by atoms with van der Waals surface area (Å²) >= 11 is 0. The molecule has 0 radical (unpaired) electrons. The van der Waals surface area contributed by atoms with Crippen molar-refractivity contribution in [3.63, 3.8) is 0 Å². The first-order valence-electron chi connectivity index (χ1n) is 5.04. The van der Waals surface area contributed by atoms with Gasteiger partial charge in [-0.2, -0.15) is 5.26 Å². The van der Waals surface area contributed by atoms with E-state index in [1.165, 1.54) is 6.39 Å². The largest absolute Gasteiger partial charge is 0.443 e. The summed E-state index contributed by atoms with van der Waals surface area (Å²) in [5, 5.41) is 9.08. The van der Waals surface area contributed by atoms with Crippen LogP contribution in [0.1, 0.15) is 5.69 Å². The van der Waals surface area contributed by atoms with E-state index in [-0.39, 0.29) is 0 Å². The first-order chi connectivity index (χ1) is 8.29. The summed E-state index contributed by atoms with van der Waals surface area (Å²) in [4.78, 5) is 8.27. The standard InChI is InChI=1S/C12H8N4O/c1-16-6-14-12(10(16)5-13)8-2-3-9-11(4-8)17-7-15-9/h2-4,6-7H,1H3. The van der Waals surface area contributed by atoms with Crippen molar-refractivity contribution < 1.29 is 4.42 Å². The van der Waals surface area contributed by atoms with Gasteiger partial charge in [0.15, 0.2) is 12.0 Å². The van der Waals surface area contributed by atoms with Gasteiger partial charge in [0.2, 0.25) is 0 Å². The van der Waals surface area contributed by atoms with Crippen LogP contribution in [0.25, 0.3) is 22.4 Å². The molecule has 17 heavy (non-hydrogen) atoms. The van der Waals surface area contributed by atoms with Gasteiger partial charge in [-0.15, -0.1) is 0 Å². The van der Waals surface area contributed by atoms with Crippen molar-refractivity contribution in [3.8, 4) is 17.3 Å². The van der Waals surface area contributed by atoms with Crippen LogP contribution in [-0.4, -0.2) is 14.5 Å². The Morgan fingerprint density at radius 1 is 1.35 bits per heavy atom. The summed E-state index contributed by atoms with van der Waals surface area (Å²) in [6, 6.07) is 7.71. The van der Waals surface area contributed by atoms with E-state index < -0.39 is 0 Å². The van der Waals surface area contributed by atoms with Gasteiger partial charge in [-0.3, -0.25) is 0 Å². The highest BCUT2D eigenvalue weighted by Gasteiger charge is 2.11. The van der Waals surface area contributed by atoms with Crippen LogP contribution in [0, 0.1) is 11.3 Å². The zero-order chi connectivity index (χ0) is 11.8. The molecule has 2 heterocycles. The molecule has 0 bridgehead atoms. The van der Waals surface area contributed by atoms with Crippen molar-refractivity contribution in [2.45, 2.75) is 0 Å². The normalized spacial score (nSPS) is 10.6. The van der Waals surface area contributed by atoms with E-state index in [1.807, 2.05) is 18.2 Å². The van der Waals surface area contributed by atoms with Crippen molar-refractivity contribution in [1.82, 2.24) is 14.5 Å². The smallest absolute Gasteiger partial charge is 0.181 e. The third kappa shape index (κ3) is 1.39. The van der Waals surface area contributed by atoms with Crippen LogP contribution in [0.4, 0.5) is 0 Å². The Labute approximate surface area is 96.9 Å². The minimum absolute atomic E-state index is 0.531. The fourth-order valence-electron chi connectivity index (χ4n) is 1.78. The lowest BCUT2D eigenvalue weighted by molar-refractivity contribution is 0.602. The average molecular weight is 224 g/mol. The average Bonchev–Trinajstić information content (AvgIpc) is 2.93. The van der Waals surface area contributed by atoms with Gasteiger partial charge < -0.3 is 8.98 Å². The number of fused-ring (bicyclic) bond motifs is 1. The topological polar surface area (TPSA) is 67.6 Å². The van der Waals surface area contributed by atoms with Crippen LogP contribution >= 0.6 is 0 Å². The van der Waals surface area contributed by atoms with Crippen molar-refractivity contribution in [2.75, 3.05) is 0 Å². The molecule has 0 amide bonds. The minimum atomic E-state index is 0.531. The van der Waals surface area contributed by atoms with Crippen molar-refractivity contribution >= 4 is 11.1 Å². The van der Waals surface area contributed by atoms with Gasteiger partial charge in [-0.05, 0) is 12.1 Å². The lowest BCUT2D eigenvalue weighted by Crippen LogP contribution is -1.90. The number of nitriles is 1. The number of hydrogen-bond acceptors (Lipinski definition) is 4. The molecule has 3 rings (SSSR count). The van der Waals surface area contributed by atoms with Gasteiger partial charge in [0.05, 0.1) is 6.33 Å². The van der Waals surface area contributed by atoms with Gasteiger partial charge >= 0.3 is 0 Å². The molecule has 0 N–H and O–H groups in total. The summed E-state index contributed by atoms with van der Waals surface area (Å²) < 4.78 is 6.93. The zero-order valence-electron chi connectivity index (χ0n) is 9.08. The molecule has 5 nitrogen and oxygen atoms in total. The lowest BCUT2D eigenvalue weighted by atomic mass is 10.1. The number of rotatable bonds is 1. The second kappa shape index (κ2) is 3.46. The number of oxazole rings is 1. The number of aromatic nitrogens is 3. The van der Waals surface area contributed by atoms with Gasteiger partial charge in [-0.1, -0.05) is 6.07 Å². The molecular weight excluding hydrogens is 216 g/mol. The van der Waals surface area contributed by atoms with Crippen LogP contribution in [0.2, 0.25) is 0 Å². The Bertz CT molecular complexity index is 732. The summed E-state index contributed by atoms with van der Waals surface area (Å²) in [5.74, 6) is 0. The molecule has 5 heteroatoms. The number of imidazole rings is 1. The first kappa shape index (κ1) is 9.60. The molecule has 0 aliphatic carbocycles. The zero-order valence-corrected chi connectivity index (χ0v) is 9.08. The molecule has 0 saturated heterocycles. The lowest BCUT2D eigenvalue weighted by Gasteiger charge is -1.98. The predicted octanol–water partition coefficient (Wildman–Crippen LogP) is 2.10. The fraction of sp³-hybridized carbons (Fsp3) is 0.0833. The van der Waals surface area contributed by atoms with Crippen LogP contribution in [-0.2, 0) is 7.05 Å². The maximum absolute atomic E-state index is 9.08. The van der Waals surface area contributed by atoms with E-state index >= 15 is 0 Å². The monoisotopic (exact) mass is 224 g/mol. The third-order valence-electron chi connectivity index (χ3n) is 2.65. The molecule has 3 aromatic rings. The van der Waals surface area contributed by atoms with E-state index in [1.54, 1.807) is 17.9 Å². The maximum Gasteiger partial charge on any atom is 0.181 e. The Kier molecular flexibility index (Phi) is 1.95. The van der Waals surface area contributed by atoms with Crippen LogP contribution in [0.5, 0.6) is 0 Å². The van der Waals surface area contributed by atoms with Crippen molar-refractivity contribution in [1.29, 1.82) is 5.26 Å². The quantitative estimate of drug-likeness (QED) is 0.634. The van der Waals surface area contributed by atoms with Crippen molar-refractivity contribution in [3.05, 3.63) is 36.6 Å². The van der Waals surface area contributed by atoms with Crippen LogP contribution in [0.15, 0.2) is 35.3 Å². The number of benzene rings is 1. The highest BCUT2D eigenvalue weighted by atomic mass is 16.3. The highest BCUT2D eigenvalue weighted by Crippen LogP contribution is 2.24. The SMILES string of the molecule is Cn1cnc(-c2ccc3ncoc3c2)c1C#N. The second-order valence-corrected chi connectivity index (χ2v) is 3.70. The Morgan fingerprint density at radius 3 is 3.06 bits per heavy atom. The number of hydrogen-bond donors (Lipinski definition) is 0. The van der Waals surface area contributed by atoms with E-state index in [0.717, 1.165) is 11.1 Å². The van der Waals surface area contributed by atoms with Gasteiger partial charge in [0.25, 0.3) is 0 Å². The minimum Gasteiger partial charge on any atom is -0.443 e. The summed E-state index contributed by atoms with van der Waals surface area (Å²) in [6.45, 7) is 0. The molecule has 0 spiro atoms. The predicted molar refractivity (Wildman–Crippen MR) is 60.9 cm³/mol. The van der Waals surface area contributed by atoms with E-state index in [0.29, 0.717) is 17.0 Å². The Hall–Kier alpha value is -2.61. The molecule has 0 aliphatic rings. The van der Waals surface area contributed by atoms with Gasteiger partial charge in [0.1, 0.15) is 23.0 Å². The van der Waals surface area contributed by atoms with Gasteiger partial charge in [0, 0.05) is 12.6 Å². The van der Waals surface area contributed by atoms with Crippen molar-refractivity contribution in [2.24, 2.45) is 7.05 Å². The molecule has 2 aromatic heterocycles. The summed E-state index contributed by atoms with van der Waals surface area (Å²) in [6.07, 6.45) is 3.02. The Balaban J connectivity index is 2.23.